The summed E-state index contributed by atoms with van der Waals surface area (Å²) in [6.07, 6.45) is 2.10. The molecule has 0 bridgehead atoms. The van der Waals surface area contributed by atoms with Gasteiger partial charge in [-0.1, -0.05) is 0 Å². The third kappa shape index (κ3) is 4.04. The molecule has 1 aromatic rings. The van der Waals surface area contributed by atoms with Gasteiger partial charge in [0.25, 0.3) is 0 Å². The van der Waals surface area contributed by atoms with Crippen molar-refractivity contribution in [3.63, 3.8) is 0 Å². The third-order valence-corrected chi connectivity index (χ3v) is 5.08. The molecule has 7 nitrogen and oxygen atoms in total. The van der Waals surface area contributed by atoms with Crippen LogP contribution in [-0.2, 0) is 33.8 Å². The Kier molecular flexibility index (Phi) is 5.76. The zero-order valence-corrected chi connectivity index (χ0v) is 15.8. The van der Waals surface area contributed by atoms with E-state index in [9.17, 15) is 4.79 Å². The number of ether oxygens (including phenoxy) is 2. The Bertz CT molecular complexity index is 606. The minimum Gasteiger partial charge on any atom is -0.380 e. The fraction of sp³-hybridized carbons (Fsp3) is 0.778. The van der Waals surface area contributed by atoms with Gasteiger partial charge >= 0.3 is 0 Å². The van der Waals surface area contributed by atoms with Crippen LogP contribution in [0.25, 0.3) is 0 Å². The van der Waals surface area contributed by atoms with Crippen molar-refractivity contribution in [1.82, 2.24) is 19.6 Å². The Balaban J connectivity index is 1.71. The molecule has 0 aromatic carbocycles. The summed E-state index contributed by atoms with van der Waals surface area (Å²) in [4.78, 5) is 15.8. The lowest BCUT2D eigenvalue weighted by Gasteiger charge is -2.32. The van der Waals surface area contributed by atoms with Crippen LogP contribution in [0.1, 0.15) is 43.3 Å². The number of rotatable bonds is 6. The van der Waals surface area contributed by atoms with Crippen molar-refractivity contribution in [2.24, 2.45) is 0 Å². The van der Waals surface area contributed by atoms with Gasteiger partial charge in [-0.05, 0) is 26.7 Å². The highest BCUT2D eigenvalue weighted by Gasteiger charge is 2.31. The van der Waals surface area contributed by atoms with E-state index in [1.54, 1.807) is 19.0 Å². The summed E-state index contributed by atoms with van der Waals surface area (Å²) in [7, 11) is 3.48. The molecule has 0 N–H and O–H groups in total. The van der Waals surface area contributed by atoms with Crippen LogP contribution >= 0.6 is 0 Å². The minimum atomic E-state index is -0.0235. The predicted molar refractivity (Wildman–Crippen MR) is 94.3 cm³/mol. The van der Waals surface area contributed by atoms with Gasteiger partial charge in [-0.2, -0.15) is 5.10 Å². The lowest BCUT2D eigenvalue weighted by Crippen LogP contribution is -2.40. The summed E-state index contributed by atoms with van der Waals surface area (Å²) in [5.41, 5.74) is 3.59. The summed E-state index contributed by atoms with van der Waals surface area (Å²) >= 11 is 0. The quantitative estimate of drug-likeness (QED) is 0.772. The van der Waals surface area contributed by atoms with Gasteiger partial charge in [0.2, 0.25) is 5.91 Å². The van der Waals surface area contributed by atoms with Gasteiger partial charge in [0.15, 0.2) is 0 Å². The molecule has 0 spiro atoms. The van der Waals surface area contributed by atoms with Crippen molar-refractivity contribution in [1.29, 1.82) is 0 Å². The molecule has 7 heteroatoms. The summed E-state index contributed by atoms with van der Waals surface area (Å²) in [5.74, 6) is -0.0235. The van der Waals surface area contributed by atoms with E-state index in [1.165, 1.54) is 11.3 Å². The lowest BCUT2D eigenvalue weighted by atomic mass is 10.0. The number of aromatic nitrogens is 2. The van der Waals surface area contributed by atoms with E-state index >= 15 is 0 Å². The number of carbonyl (C=O) groups is 1. The molecule has 2 aliphatic rings. The maximum absolute atomic E-state index is 11.7. The molecule has 2 aliphatic heterocycles. The van der Waals surface area contributed by atoms with Gasteiger partial charge in [-0.25, -0.2) is 0 Å². The first-order valence-corrected chi connectivity index (χ1v) is 9.16. The maximum Gasteiger partial charge on any atom is 0.248 e. The second-order valence-corrected chi connectivity index (χ2v) is 7.43. The van der Waals surface area contributed by atoms with E-state index in [0.29, 0.717) is 18.7 Å². The van der Waals surface area contributed by atoms with Crippen LogP contribution in [0.5, 0.6) is 0 Å². The molecular formula is C18H30N4O3. The van der Waals surface area contributed by atoms with Crippen molar-refractivity contribution < 1.29 is 14.3 Å². The Morgan fingerprint density at radius 3 is 2.88 bits per heavy atom. The molecule has 0 aliphatic carbocycles. The van der Waals surface area contributed by atoms with Crippen molar-refractivity contribution in [3.05, 3.63) is 17.0 Å². The highest BCUT2D eigenvalue weighted by Crippen LogP contribution is 2.28. The van der Waals surface area contributed by atoms with Crippen LogP contribution in [0.2, 0.25) is 0 Å². The SMILES string of the molecule is CC(C)n1nc(COCC(=O)N(C)C)c2c1CN(C1CCOC1)CC2. The van der Waals surface area contributed by atoms with Crippen LogP contribution in [0.4, 0.5) is 0 Å². The first-order chi connectivity index (χ1) is 12.0. The molecule has 1 unspecified atom stereocenters. The van der Waals surface area contributed by atoms with Gasteiger partial charge in [-0.3, -0.25) is 14.4 Å². The van der Waals surface area contributed by atoms with Gasteiger partial charge in [-0.15, -0.1) is 0 Å². The summed E-state index contributed by atoms with van der Waals surface area (Å²) in [6, 6.07) is 0.840. The molecule has 1 atom stereocenters. The number of amides is 1. The first kappa shape index (κ1) is 18.4. The highest BCUT2D eigenvalue weighted by atomic mass is 16.5. The van der Waals surface area contributed by atoms with E-state index < -0.39 is 0 Å². The standard InChI is InChI=1S/C18H30N4O3/c1-13(2)22-17-9-21(14-6-8-24-10-14)7-5-15(17)16(19-22)11-25-12-18(23)20(3)4/h13-14H,5-12H2,1-4H3. The number of carbonyl (C=O) groups excluding carboxylic acids is 1. The van der Waals surface area contributed by atoms with E-state index in [2.05, 4.69) is 23.4 Å². The number of nitrogens with zero attached hydrogens (tertiary/aromatic N) is 4. The molecule has 1 fully saturated rings. The van der Waals surface area contributed by atoms with Gasteiger partial charge in [0.05, 0.1) is 24.6 Å². The normalized spacial score (nSPS) is 20.9. The molecule has 140 valence electrons. The number of hydrogen-bond acceptors (Lipinski definition) is 5. The Morgan fingerprint density at radius 1 is 1.44 bits per heavy atom. The zero-order chi connectivity index (χ0) is 18.0. The van der Waals surface area contributed by atoms with Crippen LogP contribution in [0.15, 0.2) is 0 Å². The monoisotopic (exact) mass is 350 g/mol. The fourth-order valence-electron chi connectivity index (χ4n) is 3.57. The predicted octanol–water partition coefficient (Wildman–Crippen LogP) is 1.22. The van der Waals surface area contributed by atoms with Gasteiger partial charge in [0.1, 0.15) is 6.61 Å². The van der Waals surface area contributed by atoms with E-state index in [4.69, 9.17) is 14.6 Å². The molecule has 0 radical (unpaired) electrons. The molecule has 0 saturated carbocycles. The molecule has 1 aromatic heterocycles. The van der Waals surface area contributed by atoms with Crippen LogP contribution < -0.4 is 0 Å². The molecular weight excluding hydrogens is 320 g/mol. The zero-order valence-electron chi connectivity index (χ0n) is 15.8. The van der Waals surface area contributed by atoms with Gasteiger partial charge < -0.3 is 14.4 Å². The topological polar surface area (TPSA) is 59.8 Å². The Morgan fingerprint density at radius 2 is 2.24 bits per heavy atom. The van der Waals surface area contributed by atoms with E-state index in [-0.39, 0.29) is 12.5 Å². The largest absolute Gasteiger partial charge is 0.380 e. The number of fused-ring (bicyclic) bond motifs is 1. The van der Waals surface area contributed by atoms with Gasteiger partial charge in [0, 0.05) is 51.4 Å². The maximum atomic E-state index is 11.7. The number of likely N-dealkylation sites (N-methyl/N-ethyl adjacent to an activating group) is 1. The Labute approximate surface area is 149 Å². The van der Waals surface area contributed by atoms with Crippen LogP contribution in [0, 0.1) is 0 Å². The average Bonchev–Trinajstić information content (AvgIpc) is 3.22. The second-order valence-electron chi connectivity index (χ2n) is 7.43. The summed E-state index contributed by atoms with van der Waals surface area (Å²) in [5, 5.41) is 4.80. The molecule has 1 saturated heterocycles. The number of hydrogen-bond donors (Lipinski definition) is 0. The second kappa shape index (κ2) is 7.85. The molecule has 1 amide bonds. The van der Waals surface area contributed by atoms with Crippen LogP contribution in [0.3, 0.4) is 0 Å². The lowest BCUT2D eigenvalue weighted by molar-refractivity contribution is -0.134. The Hall–Kier alpha value is -1.44. The highest BCUT2D eigenvalue weighted by molar-refractivity contribution is 5.76. The van der Waals surface area contributed by atoms with Crippen molar-refractivity contribution in [3.8, 4) is 0 Å². The third-order valence-electron chi connectivity index (χ3n) is 5.08. The van der Waals surface area contributed by atoms with Crippen molar-refractivity contribution >= 4 is 5.91 Å². The van der Waals surface area contributed by atoms with E-state index in [0.717, 1.165) is 44.8 Å². The smallest absolute Gasteiger partial charge is 0.248 e. The fourth-order valence-corrected chi connectivity index (χ4v) is 3.57. The van der Waals surface area contributed by atoms with Crippen molar-refractivity contribution in [2.45, 2.75) is 51.9 Å². The molecule has 3 rings (SSSR count). The van der Waals surface area contributed by atoms with Crippen LogP contribution in [-0.4, -0.2) is 72.0 Å². The summed E-state index contributed by atoms with van der Waals surface area (Å²) in [6.45, 7) is 8.48. The minimum absolute atomic E-state index is 0.0235. The van der Waals surface area contributed by atoms with Crippen molar-refractivity contribution in [2.75, 3.05) is 40.5 Å². The van der Waals surface area contributed by atoms with E-state index in [1.807, 2.05) is 0 Å². The molecule has 25 heavy (non-hydrogen) atoms. The first-order valence-electron chi connectivity index (χ1n) is 9.16. The molecule has 3 heterocycles. The average molecular weight is 350 g/mol. The summed E-state index contributed by atoms with van der Waals surface area (Å²) < 4.78 is 13.3.